The lowest BCUT2D eigenvalue weighted by Gasteiger charge is -2.14. The number of aryl methyl sites for hydroxylation is 1. The van der Waals surface area contributed by atoms with Crippen LogP contribution in [0.1, 0.15) is 35.3 Å². The van der Waals surface area contributed by atoms with Crippen LogP contribution in [0.4, 0.5) is 5.69 Å². The molecule has 1 amide bonds. The summed E-state index contributed by atoms with van der Waals surface area (Å²) in [6.45, 7) is 7.15. The summed E-state index contributed by atoms with van der Waals surface area (Å²) in [7, 11) is 0. The fourth-order valence-corrected chi connectivity index (χ4v) is 3.12. The van der Waals surface area contributed by atoms with Crippen LogP contribution in [0.15, 0.2) is 60.7 Å². The molecule has 162 valence electrons. The Hall–Kier alpha value is -3.18. The van der Waals surface area contributed by atoms with Crippen molar-refractivity contribution in [3.63, 3.8) is 0 Å². The molecule has 31 heavy (non-hydrogen) atoms. The van der Waals surface area contributed by atoms with Crippen molar-refractivity contribution in [2.24, 2.45) is 0 Å². The van der Waals surface area contributed by atoms with Gasteiger partial charge in [-0.2, -0.15) is 0 Å². The van der Waals surface area contributed by atoms with Gasteiger partial charge in [-0.05, 0) is 87.0 Å². The van der Waals surface area contributed by atoms with E-state index < -0.39 is 0 Å². The Morgan fingerprint density at radius 2 is 1.58 bits per heavy atom. The zero-order valence-corrected chi connectivity index (χ0v) is 18.7. The zero-order chi connectivity index (χ0) is 22.2. The summed E-state index contributed by atoms with van der Waals surface area (Å²) in [6.07, 6.45) is 0. The number of benzene rings is 3. The summed E-state index contributed by atoms with van der Waals surface area (Å²) in [5.41, 5.74) is 2.93. The number of amides is 1. The summed E-state index contributed by atoms with van der Waals surface area (Å²) in [6, 6.07) is 18.1. The van der Waals surface area contributed by atoms with Gasteiger partial charge in [0.15, 0.2) is 0 Å². The average Bonchev–Trinajstić information content (AvgIpc) is 2.77. The Morgan fingerprint density at radius 1 is 0.871 bits per heavy atom. The smallest absolute Gasteiger partial charge is 0.255 e. The van der Waals surface area contributed by atoms with Gasteiger partial charge < -0.3 is 19.5 Å². The Morgan fingerprint density at radius 3 is 2.26 bits per heavy atom. The van der Waals surface area contributed by atoms with E-state index >= 15 is 0 Å². The summed E-state index contributed by atoms with van der Waals surface area (Å²) in [5.74, 6) is 1.94. The maximum atomic E-state index is 12.8. The van der Waals surface area contributed by atoms with Crippen molar-refractivity contribution in [1.82, 2.24) is 0 Å². The SMILES string of the molecule is CCOc1ccc(NC(=O)c2ccc(OCC)c(COc3ccc(Cl)c(C)c3)c2)cc1. The molecule has 0 saturated heterocycles. The summed E-state index contributed by atoms with van der Waals surface area (Å²) in [5, 5.41) is 3.59. The van der Waals surface area contributed by atoms with E-state index in [0.29, 0.717) is 41.0 Å². The molecule has 0 bridgehead atoms. The first-order valence-corrected chi connectivity index (χ1v) is 10.6. The molecule has 3 aromatic carbocycles. The number of hydrogen-bond donors (Lipinski definition) is 1. The standard InChI is InChI=1S/C25H26ClNO4/c1-4-29-21-9-7-20(8-10-21)27-25(28)18-6-13-24(30-5-2)19(15-18)16-31-22-11-12-23(26)17(3)14-22/h6-15H,4-5,16H2,1-3H3,(H,27,28). The Balaban J connectivity index is 1.74. The van der Waals surface area contributed by atoms with Gasteiger partial charge in [-0.3, -0.25) is 4.79 Å². The molecule has 1 N–H and O–H groups in total. The molecule has 3 rings (SSSR count). The maximum absolute atomic E-state index is 12.8. The second-order valence-corrected chi connectivity index (χ2v) is 7.27. The molecule has 0 aliphatic carbocycles. The van der Waals surface area contributed by atoms with Crippen LogP contribution in [-0.4, -0.2) is 19.1 Å². The maximum Gasteiger partial charge on any atom is 0.255 e. The summed E-state index contributed by atoms with van der Waals surface area (Å²) in [4.78, 5) is 12.8. The van der Waals surface area contributed by atoms with Crippen molar-refractivity contribution in [2.75, 3.05) is 18.5 Å². The molecule has 0 unspecified atom stereocenters. The third kappa shape index (κ3) is 6.15. The van der Waals surface area contributed by atoms with Gasteiger partial charge in [0.25, 0.3) is 5.91 Å². The monoisotopic (exact) mass is 439 g/mol. The van der Waals surface area contributed by atoms with Gasteiger partial charge in [0, 0.05) is 21.8 Å². The van der Waals surface area contributed by atoms with Crippen LogP contribution in [0.5, 0.6) is 17.2 Å². The number of nitrogens with one attached hydrogen (secondary N) is 1. The first-order chi connectivity index (χ1) is 15.0. The highest BCUT2D eigenvalue weighted by atomic mass is 35.5. The predicted molar refractivity (Wildman–Crippen MR) is 124 cm³/mol. The minimum atomic E-state index is -0.212. The number of hydrogen-bond acceptors (Lipinski definition) is 4. The van der Waals surface area contributed by atoms with E-state index in [0.717, 1.165) is 16.9 Å². The van der Waals surface area contributed by atoms with Gasteiger partial charge in [0.2, 0.25) is 0 Å². The summed E-state index contributed by atoms with van der Waals surface area (Å²) < 4.78 is 17.1. The lowest BCUT2D eigenvalue weighted by atomic mass is 10.1. The van der Waals surface area contributed by atoms with E-state index in [9.17, 15) is 4.79 Å². The molecule has 0 aliphatic heterocycles. The van der Waals surface area contributed by atoms with Crippen LogP contribution < -0.4 is 19.5 Å². The third-order valence-corrected chi connectivity index (χ3v) is 4.99. The van der Waals surface area contributed by atoms with Crippen molar-refractivity contribution in [1.29, 1.82) is 0 Å². The van der Waals surface area contributed by atoms with Crippen molar-refractivity contribution in [2.45, 2.75) is 27.4 Å². The van der Waals surface area contributed by atoms with Gasteiger partial charge in [0.05, 0.1) is 13.2 Å². The number of halogens is 1. The molecule has 0 radical (unpaired) electrons. The van der Waals surface area contributed by atoms with E-state index in [-0.39, 0.29) is 12.5 Å². The zero-order valence-electron chi connectivity index (χ0n) is 17.9. The van der Waals surface area contributed by atoms with Crippen molar-refractivity contribution >= 4 is 23.2 Å². The van der Waals surface area contributed by atoms with Crippen LogP contribution in [0.2, 0.25) is 5.02 Å². The Bertz CT molecular complexity index is 1030. The second kappa shape index (κ2) is 10.7. The highest BCUT2D eigenvalue weighted by Crippen LogP contribution is 2.26. The molecule has 0 heterocycles. The van der Waals surface area contributed by atoms with E-state index in [1.807, 2.05) is 57.2 Å². The topological polar surface area (TPSA) is 56.8 Å². The van der Waals surface area contributed by atoms with Gasteiger partial charge in [-0.1, -0.05) is 11.6 Å². The van der Waals surface area contributed by atoms with Gasteiger partial charge in [-0.25, -0.2) is 0 Å². The van der Waals surface area contributed by atoms with Gasteiger partial charge in [0.1, 0.15) is 23.9 Å². The molecule has 3 aromatic rings. The molecule has 0 saturated carbocycles. The first-order valence-electron chi connectivity index (χ1n) is 10.2. The van der Waals surface area contributed by atoms with Gasteiger partial charge in [-0.15, -0.1) is 0 Å². The lowest BCUT2D eigenvalue weighted by molar-refractivity contribution is 0.102. The fraction of sp³-hybridized carbons (Fsp3) is 0.240. The van der Waals surface area contributed by atoms with E-state index in [2.05, 4.69) is 5.32 Å². The fourth-order valence-electron chi connectivity index (χ4n) is 3.00. The molecule has 0 aliphatic rings. The van der Waals surface area contributed by atoms with Crippen LogP contribution in [0.3, 0.4) is 0 Å². The number of carbonyl (C=O) groups is 1. The van der Waals surface area contributed by atoms with Crippen molar-refractivity contribution in [3.05, 3.63) is 82.4 Å². The molecule has 5 nitrogen and oxygen atoms in total. The molecular weight excluding hydrogens is 414 g/mol. The Labute approximate surface area is 187 Å². The molecule has 0 fully saturated rings. The normalized spacial score (nSPS) is 10.5. The van der Waals surface area contributed by atoms with E-state index in [1.165, 1.54) is 0 Å². The molecular formula is C25H26ClNO4. The quantitative estimate of drug-likeness (QED) is 0.426. The molecule has 6 heteroatoms. The largest absolute Gasteiger partial charge is 0.494 e. The lowest BCUT2D eigenvalue weighted by Crippen LogP contribution is -2.13. The summed E-state index contributed by atoms with van der Waals surface area (Å²) >= 11 is 6.08. The minimum Gasteiger partial charge on any atom is -0.494 e. The number of ether oxygens (including phenoxy) is 3. The van der Waals surface area contributed by atoms with Crippen LogP contribution >= 0.6 is 11.6 Å². The molecule has 0 spiro atoms. The van der Waals surface area contributed by atoms with Crippen LogP contribution in [0, 0.1) is 6.92 Å². The molecule has 0 aromatic heterocycles. The van der Waals surface area contributed by atoms with E-state index in [1.54, 1.807) is 24.3 Å². The highest BCUT2D eigenvalue weighted by molar-refractivity contribution is 6.31. The second-order valence-electron chi connectivity index (χ2n) is 6.87. The highest BCUT2D eigenvalue weighted by Gasteiger charge is 2.12. The first kappa shape index (κ1) is 22.5. The Kier molecular flexibility index (Phi) is 7.79. The van der Waals surface area contributed by atoms with Crippen LogP contribution in [-0.2, 0) is 6.61 Å². The molecule has 0 atom stereocenters. The number of rotatable bonds is 9. The van der Waals surface area contributed by atoms with Crippen LogP contribution in [0.25, 0.3) is 0 Å². The van der Waals surface area contributed by atoms with E-state index in [4.69, 9.17) is 25.8 Å². The van der Waals surface area contributed by atoms with Gasteiger partial charge >= 0.3 is 0 Å². The third-order valence-electron chi connectivity index (χ3n) is 4.57. The number of carbonyl (C=O) groups excluding carboxylic acids is 1. The average molecular weight is 440 g/mol. The number of anilines is 1. The van der Waals surface area contributed by atoms with Crippen molar-refractivity contribution in [3.8, 4) is 17.2 Å². The predicted octanol–water partition coefficient (Wildman–Crippen LogP) is 6.28. The minimum absolute atomic E-state index is 0.212. The van der Waals surface area contributed by atoms with Crippen molar-refractivity contribution < 1.29 is 19.0 Å².